The molecule has 0 aromatic heterocycles. The molecule has 0 saturated carbocycles. The minimum atomic E-state index is -3.89. The number of nitrogens with zero attached hydrogens (tertiary/aromatic N) is 1. The van der Waals surface area contributed by atoms with E-state index in [1.54, 1.807) is 24.3 Å². The highest BCUT2D eigenvalue weighted by Gasteiger charge is 2.25. The third-order valence-corrected chi connectivity index (χ3v) is 5.29. The lowest BCUT2D eigenvalue weighted by Gasteiger charge is -2.23. The van der Waals surface area contributed by atoms with Crippen molar-refractivity contribution in [3.63, 3.8) is 0 Å². The van der Waals surface area contributed by atoms with Crippen LogP contribution in [0, 0.1) is 0 Å². The van der Waals surface area contributed by atoms with E-state index in [2.05, 4.69) is 11.3 Å². The van der Waals surface area contributed by atoms with Crippen molar-refractivity contribution in [2.45, 2.75) is 4.90 Å². The number of sulfonamides is 1. The highest BCUT2D eigenvalue weighted by Crippen LogP contribution is 2.26. The van der Waals surface area contributed by atoms with Crippen LogP contribution in [0.1, 0.15) is 10.4 Å². The molecule has 7 heteroatoms. The van der Waals surface area contributed by atoms with Gasteiger partial charge in [-0.2, -0.15) is 0 Å². The predicted molar refractivity (Wildman–Crippen MR) is 95.5 cm³/mol. The summed E-state index contributed by atoms with van der Waals surface area (Å²) in [5, 5.41) is 0. The third kappa shape index (κ3) is 4.00. The fourth-order valence-corrected chi connectivity index (χ4v) is 3.72. The molecule has 0 unspecified atom stereocenters. The van der Waals surface area contributed by atoms with Crippen molar-refractivity contribution in [2.24, 2.45) is 0 Å². The quantitative estimate of drug-likeness (QED) is 0.560. The Morgan fingerprint density at radius 2 is 1.84 bits per heavy atom. The van der Waals surface area contributed by atoms with Gasteiger partial charge in [0.05, 0.1) is 36.9 Å². The van der Waals surface area contributed by atoms with Crippen molar-refractivity contribution in [3.05, 3.63) is 66.7 Å². The number of carbonyl (C=O) groups excluding carboxylic acids is 1. The van der Waals surface area contributed by atoms with Gasteiger partial charge in [0, 0.05) is 0 Å². The van der Waals surface area contributed by atoms with Gasteiger partial charge in [-0.15, -0.1) is 6.58 Å². The zero-order valence-corrected chi connectivity index (χ0v) is 14.8. The normalized spacial score (nSPS) is 10.8. The molecule has 0 amide bonds. The van der Waals surface area contributed by atoms with Crippen molar-refractivity contribution in [1.82, 2.24) is 0 Å². The third-order valence-electron chi connectivity index (χ3n) is 3.50. The average Bonchev–Trinajstić information content (AvgIpc) is 2.65. The number of ether oxygens (including phenoxy) is 2. The zero-order chi connectivity index (χ0) is 18.4. The Bertz CT molecular complexity index is 859. The average molecular weight is 361 g/mol. The number of methoxy groups -OCH3 is 2. The predicted octanol–water partition coefficient (Wildman–Crippen LogP) is 2.86. The van der Waals surface area contributed by atoms with E-state index in [0.717, 1.165) is 0 Å². The minimum absolute atomic E-state index is 0.00642. The number of hydrogen-bond donors (Lipinski definition) is 0. The van der Waals surface area contributed by atoms with Gasteiger partial charge in [-0.3, -0.25) is 4.31 Å². The van der Waals surface area contributed by atoms with E-state index in [-0.39, 0.29) is 17.0 Å². The minimum Gasteiger partial charge on any atom is -0.497 e. The molecule has 2 rings (SSSR count). The van der Waals surface area contributed by atoms with E-state index in [1.165, 1.54) is 48.9 Å². The Kier molecular flexibility index (Phi) is 5.82. The first kappa shape index (κ1) is 18.5. The largest absolute Gasteiger partial charge is 0.497 e. The Labute approximate surface area is 147 Å². The Morgan fingerprint density at radius 1 is 1.16 bits per heavy atom. The van der Waals surface area contributed by atoms with Gasteiger partial charge >= 0.3 is 5.97 Å². The summed E-state index contributed by atoms with van der Waals surface area (Å²) in [6, 6.07) is 12.4. The van der Waals surface area contributed by atoms with Crippen LogP contribution in [-0.2, 0) is 14.8 Å². The van der Waals surface area contributed by atoms with Gasteiger partial charge in [0.25, 0.3) is 10.0 Å². The molecule has 2 aromatic rings. The van der Waals surface area contributed by atoms with Crippen LogP contribution in [0.4, 0.5) is 5.69 Å². The van der Waals surface area contributed by atoms with Crippen LogP contribution in [-0.4, -0.2) is 35.2 Å². The van der Waals surface area contributed by atoms with E-state index in [1.807, 2.05) is 0 Å². The summed E-state index contributed by atoms with van der Waals surface area (Å²) >= 11 is 0. The van der Waals surface area contributed by atoms with E-state index in [4.69, 9.17) is 4.74 Å². The second-order valence-corrected chi connectivity index (χ2v) is 6.90. The summed E-state index contributed by atoms with van der Waals surface area (Å²) in [4.78, 5) is 11.7. The van der Waals surface area contributed by atoms with Gasteiger partial charge in [-0.25, -0.2) is 13.2 Å². The zero-order valence-electron chi connectivity index (χ0n) is 14.0. The lowest BCUT2D eigenvalue weighted by atomic mass is 10.2. The molecule has 0 spiro atoms. The first-order valence-corrected chi connectivity index (χ1v) is 8.84. The monoisotopic (exact) mass is 361 g/mol. The molecule has 0 aliphatic rings. The molecular formula is C18H19NO5S. The smallest absolute Gasteiger partial charge is 0.337 e. The Hall–Kier alpha value is -2.80. The second-order valence-electron chi connectivity index (χ2n) is 5.04. The summed E-state index contributed by atoms with van der Waals surface area (Å²) in [6.07, 6.45) is 1.49. The number of anilines is 1. The van der Waals surface area contributed by atoms with Crippen LogP contribution < -0.4 is 9.04 Å². The standard InChI is InChI=1S/C18H19NO5S/c1-4-12-19(15-8-10-16(23-2)11-9-15)25(21,22)17-7-5-6-14(13-17)18(20)24-3/h4-11,13H,1,12H2,2-3H3. The Balaban J connectivity index is 2.48. The number of hydrogen-bond acceptors (Lipinski definition) is 5. The number of benzene rings is 2. The molecule has 0 atom stereocenters. The molecule has 25 heavy (non-hydrogen) atoms. The number of carbonyl (C=O) groups is 1. The molecule has 0 N–H and O–H groups in total. The van der Waals surface area contributed by atoms with Gasteiger partial charge in [0.2, 0.25) is 0 Å². The van der Waals surface area contributed by atoms with Crippen LogP contribution in [0.5, 0.6) is 5.75 Å². The molecule has 0 bridgehead atoms. The van der Waals surface area contributed by atoms with Crippen molar-refractivity contribution >= 4 is 21.7 Å². The maximum absolute atomic E-state index is 13.0. The van der Waals surface area contributed by atoms with Crippen molar-refractivity contribution in [2.75, 3.05) is 25.1 Å². The Morgan fingerprint density at radius 3 is 2.40 bits per heavy atom. The summed E-state index contributed by atoms with van der Waals surface area (Å²) in [6.45, 7) is 3.70. The fraction of sp³-hybridized carbons (Fsp3) is 0.167. The maximum Gasteiger partial charge on any atom is 0.337 e. The van der Waals surface area contributed by atoms with E-state index in [9.17, 15) is 13.2 Å². The topological polar surface area (TPSA) is 72.9 Å². The second kappa shape index (κ2) is 7.85. The molecular weight excluding hydrogens is 342 g/mol. The maximum atomic E-state index is 13.0. The molecule has 6 nitrogen and oxygen atoms in total. The molecule has 0 aliphatic carbocycles. The van der Waals surface area contributed by atoms with Gasteiger partial charge in [-0.05, 0) is 42.5 Å². The number of esters is 1. The summed E-state index contributed by atoms with van der Waals surface area (Å²) in [7, 11) is -1.11. The lowest BCUT2D eigenvalue weighted by molar-refractivity contribution is 0.0600. The fourth-order valence-electron chi connectivity index (χ4n) is 2.24. The summed E-state index contributed by atoms with van der Waals surface area (Å²) in [5.41, 5.74) is 0.626. The molecule has 0 saturated heterocycles. The van der Waals surface area contributed by atoms with Crippen LogP contribution >= 0.6 is 0 Å². The first-order chi connectivity index (χ1) is 11.9. The van der Waals surface area contributed by atoms with Gasteiger partial charge < -0.3 is 9.47 Å². The van der Waals surface area contributed by atoms with E-state index < -0.39 is 16.0 Å². The van der Waals surface area contributed by atoms with Gasteiger partial charge in [0.1, 0.15) is 5.75 Å². The first-order valence-electron chi connectivity index (χ1n) is 7.40. The molecule has 0 aliphatic heterocycles. The van der Waals surface area contributed by atoms with E-state index >= 15 is 0 Å². The van der Waals surface area contributed by atoms with Crippen LogP contribution in [0.25, 0.3) is 0 Å². The molecule has 0 heterocycles. The van der Waals surface area contributed by atoms with Crippen molar-refractivity contribution in [1.29, 1.82) is 0 Å². The van der Waals surface area contributed by atoms with Crippen molar-refractivity contribution < 1.29 is 22.7 Å². The van der Waals surface area contributed by atoms with Crippen molar-refractivity contribution in [3.8, 4) is 5.75 Å². The summed E-state index contributed by atoms with van der Waals surface area (Å²) < 4.78 is 37.0. The lowest BCUT2D eigenvalue weighted by Crippen LogP contribution is -2.31. The highest BCUT2D eigenvalue weighted by atomic mass is 32.2. The molecule has 132 valence electrons. The SMILES string of the molecule is C=CCN(c1ccc(OC)cc1)S(=O)(=O)c1cccc(C(=O)OC)c1. The van der Waals surface area contributed by atoms with E-state index in [0.29, 0.717) is 11.4 Å². The van der Waals surface area contributed by atoms with Gasteiger partial charge in [0.15, 0.2) is 0 Å². The summed E-state index contributed by atoms with van der Waals surface area (Å²) in [5.74, 6) is 0.0177. The number of rotatable bonds is 7. The van der Waals surface area contributed by atoms with Crippen LogP contribution in [0.3, 0.4) is 0 Å². The van der Waals surface area contributed by atoms with Crippen LogP contribution in [0.15, 0.2) is 66.1 Å². The molecule has 2 aromatic carbocycles. The molecule has 0 radical (unpaired) electrons. The van der Waals surface area contributed by atoms with Gasteiger partial charge in [-0.1, -0.05) is 12.1 Å². The molecule has 0 fully saturated rings. The highest BCUT2D eigenvalue weighted by molar-refractivity contribution is 7.92. The van der Waals surface area contributed by atoms with Crippen LogP contribution in [0.2, 0.25) is 0 Å².